The topological polar surface area (TPSA) is 72.5 Å². The summed E-state index contributed by atoms with van der Waals surface area (Å²) >= 11 is 0. The van der Waals surface area contributed by atoms with E-state index in [2.05, 4.69) is 0 Å². The first-order chi connectivity index (χ1) is 8.24. The van der Waals surface area contributed by atoms with Crippen molar-refractivity contribution in [1.82, 2.24) is 0 Å². The molecule has 0 bridgehead atoms. The lowest BCUT2D eigenvalue weighted by Crippen LogP contribution is -2.09. The SMILES string of the molecule is NOc1c(C(=O)O)cccc1-c1ccccc1. The van der Waals surface area contributed by atoms with Gasteiger partial charge in [0.15, 0.2) is 5.75 Å². The number of carboxylic acid groups (broad SMARTS) is 1. The Morgan fingerprint density at radius 1 is 1.06 bits per heavy atom. The molecular weight excluding hydrogens is 218 g/mol. The highest BCUT2D eigenvalue weighted by Gasteiger charge is 2.15. The van der Waals surface area contributed by atoms with Gasteiger partial charge in [-0.25, -0.2) is 4.79 Å². The Morgan fingerprint density at radius 3 is 2.35 bits per heavy atom. The van der Waals surface area contributed by atoms with Gasteiger partial charge in [0.2, 0.25) is 0 Å². The molecule has 0 unspecified atom stereocenters. The van der Waals surface area contributed by atoms with Gasteiger partial charge in [0, 0.05) is 5.56 Å². The standard InChI is InChI=1S/C13H11NO3/c14-17-12-10(9-5-2-1-3-6-9)7-4-8-11(12)13(15)16/h1-8H,14H2,(H,15,16). The van der Waals surface area contributed by atoms with Crippen LogP contribution in [0.1, 0.15) is 10.4 Å². The summed E-state index contributed by atoms with van der Waals surface area (Å²) in [7, 11) is 0. The molecule has 17 heavy (non-hydrogen) atoms. The molecule has 0 saturated carbocycles. The zero-order chi connectivity index (χ0) is 12.3. The van der Waals surface area contributed by atoms with E-state index in [1.165, 1.54) is 6.07 Å². The first kappa shape index (κ1) is 11.2. The Balaban J connectivity index is 2.63. The predicted molar refractivity (Wildman–Crippen MR) is 63.7 cm³/mol. The fourth-order valence-corrected chi connectivity index (χ4v) is 1.68. The zero-order valence-electron chi connectivity index (χ0n) is 8.96. The molecule has 86 valence electrons. The molecule has 0 saturated heterocycles. The molecule has 0 spiro atoms. The van der Waals surface area contributed by atoms with Gasteiger partial charge in [-0.1, -0.05) is 42.5 Å². The van der Waals surface area contributed by atoms with Crippen molar-refractivity contribution in [2.24, 2.45) is 5.90 Å². The van der Waals surface area contributed by atoms with E-state index >= 15 is 0 Å². The highest BCUT2D eigenvalue weighted by atomic mass is 16.6. The summed E-state index contributed by atoms with van der Waals surface area (Å²) in [6.07, 6.45) is 0. The van der Waals surface area contributed by atoms with Gasteiger partial charge >= 0.3 is 5.97 Å². The molecule has 0 atom stereocenters. The number of nitrogens with two attached hydrogens (primary N) is 1. The predicted octanol–water partition coefficient (Wildman–Crippen LogP) is 2.30. The minimum absolute atomic E-state index is 0.0499. The van der Waals surface area contributed by atoms with Crippen molar-refractivity contribution in [2.75, 3.05) is 0 Å². The monoisotopic (exact) mass is 229 g/mol. The Hall–Kier alpha value is -2.33. The van der Waals surface area contributed by atoms with Gasteiger partial charge in [0.25, 0.3) is 0 Å². The number of carboxylic acids is 1. The van der Waals surface area contributed by atoms with Crippen molar-refractivity contribution < 1.29 is 14.7 Å². The summed E-state index contributed by atoms with van der Waals surface area (Å²) < 4.78 is 0. The average Bonchev–Trinajstić information content (AvgIpc) is 2.38. The summed E-state index contributed by atoms with van der Waals surface area (Å²) in [5.41, 5.74) is 1.57. The van der Waals surface area contributed by atoms with Crippen LogP contribution in [0.5, 0.6) is 5.75 Å². The van der Waals surface area contributed by atoms with Crippen LogP contribution in [0.4, 0.5) is 0 Å². The Morgan fingerprint density at radius 2 is 1.76 bits per heavy atom. The van der Waals surface area contributed by atoms with Gasteiger partial charge < -0.3 is 9.94 Å². The molecule has 4 nitrogen and oxygen atoms in total. The van der Waals surface area contributed by atoms with Crippen LogP contribution in [-0.2, 0) is 0 Å². The van der Waals surface area contributed by atoms with Gasteiger partial charge in [-0.2, -0.15) is 5.90 Å². The van der Waals surface area contributed by atoms with Crippen LogP contribution in [-0.4, -0.2) is 11.1 Å². The van der Waals surface area contributed by atoms with E-state index in [4.69, 9.17) is 15.8 Å². The lowest BCUT2D eigenvalue weighted by Gasteiger charge is -2.10. The molecule has 0 aliphatic carbocycles. The number of benzene rings is 2. The Bertz CT molecular complexity index is 538. The molecule has 2 aromatic rings. The highest BCUT2D eigenvalue weighted by Crippen LogP contribution is 2.32. The van der Waals surface area contributed by atoms with Gasteiger partial charge in [-0.05, 0) is 11.6 Å². The first-order valence-electron chi connectivity index (χ1n) is 5.02. The van der Waals surface area contributed by atoms with E-state index in [0.717, 1.165) is 5.56 Å². The molecule has 2 rings (SSSR count). The summed E-state index contributed by atoms with van der Waals surface area (Å²) in [6, 6.07) is 14.2. The van der Waals surface area contributed by atoms with Gasteiger partial charge in [-0.3, -0.25) is 0 Å². The summed E-state index contributed by atoms with van der Waals surface area (Å²) in [5.74, 6) is 4.27. The maximum atomic E-state index is 11.0. The maximum Gasteiger partial charge on any atom is 0.339 e. The molecule has 0 aromatic heterocycles. The molecule has 2 aromatic carbocycles. The second kappa shape index (κ2) is 4.67. The normalized spacial score (nSPS) is 9.94. The fourth-order valence-electron chi connectivity index (χ4n) is 1.68. The van der Waals surface area contributed by atoms with Crippen LogP contribution < -0.4 is 10.7 Å². The average molecular weight is 229 g/mol. The van der Waals surface area contributed by atoms with E-state index < -0.39 is 5.97 Å². The largest absolute Gasteiger partial charge is 0.478 e. The van der Waals surface area contributed by atoms with Crippen molar-refractivity contribution in [1.29, 1.82) is 0 Å². The van der Waals surface area contributed by atoms with Gasteiger partial charge in [0.05, 0.1) is 0 Å². The van der Waals surface area contributed by atoms with Crippen LogP contribution >= 0.6 is 0 Å². The van der Waals surface area contributed by atoms with E-state index in [1.54, 1.807) is 12.1 Å². The maximum absolute atomic E-state index is 11.0. The third kappa shape index (κ3) is 2.11. The molecule has 0 fully saturated rings. The minimum atomic E-state index is -1.07. The highest BCUT2D eigenvalue weighted by molar-refractivity contribution is 5.94. The zero-order valence-corrected chi connectivity index (χ0v) is 8.96. The number of hydrogen-bond donors (Lipinski definition) is 2. The molecule has 0 heterocycles. The summed E-state index contributed by atoms with van der Waals surface area (Å²) in [6.45, 7) is 0. The quantitative estimate of drug-likeness (QED) is 0.792. The summed E-state index contributed by atoms with van der Waals surface area (Å²) in [5, 5.41) is 9.03. The third-order valence-electron chi connectivity index (χ3n) is 2.45. The van der Waals surface area contributed by atoms with Crippen LogP contribution in [0, 0.1) is 0 Å². The van der Waals surface area contributed by atoms with Crippen molar-refractivity contribution in [3.05, 3.63) is 54.1 Å². The van der Waals surface area contributed by atoms with E-state index in [9.17, 15) is 4.79 Å². The molecule has 0 aliphatic rings. The van der Waals surface area contributed by atoms with Gasteiger partial charge in [-0.15, -0.1) is 0 Å². The second-order valence-corrected chi connectivity index (χ2v) is 3.47. The van der Waals surface area contributed by atoms with Crippen LogP contribution in [0.25, 0.3) is 11.1 Å². The number of carbonyl (C=O) groups is 1. The smallest absolute Gasteiger partial charge is 0.339 e. The molecule has 0 amide bonds. The number of hydrogen-bond acceptors (Lipinski definition) is 3. The number of aromatic carboxylic acids is 1. The Labute approximate surface area is 98.2 Å². The fraction of sp³-hybridized carbons (Fsp3) is 0. The van der Waals surface area contributed by atoms with Crippen molar-refractivity contribution in [3.63, 3.8) is 0 Å². The van der Waals surface area contributed by atoms with Crippen LogP contribution in [0.3, 0.4) is 0 Å². The van der Waals surface area contributed by atoms with Crippen molar-refractivity contribution in [2.45, 2.75) is 0 Å². The Kier molecular flexibility index (Phi) is 3.07. The molecule has 0 aliphatic heterocycles. The van der Waals surface area contributed by atoms with E-state index in [0.29, 0.717) is 5.56 Å². The molecule has 3 N–H and O–H groups in total. The van der Waals surface area contributed by atoms with Crippen LogP contribution in [0.2, 0.25) is 0 Å². The van der Waals surface area contributed by atoms with Gasteiger partial charge in [0.1, 0.15) is 5.56 Å². The third-order valence-corrected chi connectivity index (χ3v) is 2.45. The van der Waals surface area contributed by atoms with Crippen molar-refractivity contribution in [3.8, 4) is 16.9 Å². The molecule has 4 heteroatoms. The molecule has 0 radical (unpaired) electrons. The first-order valence-corrected chi connectivity index (χ1v) is 5.02. The lowest BCUT2D eigenvalue weighted by atomic mass is 10.0. The van der Waals surface area contributed by atoms with E-state index in [1.807, 2.05) is 30.3 Å². The van der Waals surface area contributed by atoms with Crippen molar-refractivity contribution >= 4 is 5.97 Å². The lowest BCUT2D eigenvalue weighted by molar-refractivity contribution is 0.0692. The van der Waals surface area contributed by atoms with Crippen LogP contribution in [0.15, 0.2) is 48.5 Å². The summed E-state index contributed by atoms with van der Waals surface area (Å²) in [4.78, 5) is 15.7. The minimum Gasteiger partial charge on any atom is -0.478 e. The number of para-hydroxylation sites is 1. The molecular formula is C13H11NO3. The second-order valence-electron chi connectivity index (χ2n) is 3.47. The number of rotatable bonds is 3. The van der Waals surface area contributed by atoms with E-state index in [-0.39, 0.29) is 11.3 Å².